The third-order valence-electron chi connectivity index (χ3n) is 5.78. The van der Waals surface area contributed by atoms with E-state index in [4.69, 9.17) is 0 Å². The first-order valence-electron chi connectivity index (χ1n) is 10.1. The molecule has 0 spiro atoms. The highest BCUT2D eigenvalue weighted by Crippen LogP contribution is 2.46. The van der Waals surface area contributed by atoms with Crippen molar-refractivity contribution >= 4 is 11.9 Å². The normalized spacial score (nSPS) is 14.0. The molecule has 0 heterocycles. The average Bonchev–Trinajstić information content (AvgIpc) is 3.05. The van der Waals surface area contributed by atoms with E-state index in [9.17, 15) is 14.7 Å². The van der Waals surface area contributed by atoms with Crippen molar-refractivity contribution in [1.82, 2.24) is 5.32 Å². The molecule has 4 heteroatoms. The first-order chi connectivity index (χ1) is 14.3. The van der Waals surface area contributed by atoms with Crippen molar-refractivity contribution in [2.24, 2.45) is 0 Å². The molecule has 3 aromatic rings. The van der Waals surface area contributed by atoms with Gasteiger partial charge in [-0.25, -0.2) is 4.79 Å². The Morgan fingerprint density at radius 2 is 1.33 bits per heavy atom. The molecule has 4 rings (SSSR count). The van der Waals surface area contributed by atoms with Crippen LogP contribution in [0.15, 0.2) is 72.8 Å². The molecule has 2 N–H and O–H groups in total. The summed E-state index contributed by atoms with van der Waals surface area (Å²) < 4.78 is 0. The second kappa shape index (κ2) is 7.45. The molecule has 1 atom stereocenters. The Morgan fingerprint density at radius 3 is 1.80 bits per heavy atom. The van der Waals surface area contributed by atoms with Crippen molar-refractivity contribution in [1.29, 1.82) is 0 Å². The molecule has 3 aromatic carbocycles. The van der Waals surface area contributed by atoms with Gasteiger partial charge < -0.3 is 10.4 Å². The lowest BCUT2D eigenvalue weighted by Gasteiger charge is -2.23. The molecule has 1 aliphatic carbocycles. The smallest absolute Gasteiger partial charge is 0.327 e. The molecule has 4 nitrogen and oxygen atoms in total. The summed E-state index contributed by atoms with van der Waals surface area (Å²) in [7, 11) is 0. The zero-order valence-corrected chi connectivity index (χ0v) is 17.3. The highest BCUT2D eigenvalue weighted by atomic mass is 16.4. The number of fused-ring (bicyclic) bond motifs is 3. The number of hydrogen-bond acceptors (Lipinski definition) is 2. The van der Waals surface area contributed by atoms with Crippen LogP contribution < -0.4 is 5.32 Å². The Balaban J connectivity index is 1.67. The monoisotopic (exact) mass is 399 g/mol. The molecule has 152 valence electrons. The molecule has 1 aliphatic rings. The Hall–Kier alpha value is -3.40. The van der Waals surface area contributed by atoms with Crippen LogP contribution in [0.25, 0.3) is 11.1 Å². The van der Waals surface area contributed by atoms with Crippen molar-refractivity contribution < 1.29 is 14.7 Å². The number of amides is 1. The van der Waals surface area contributed by atoms with Crippen LogP contribution >= 0.6 is 0 Å². The quantitative estimate of drug-likeness (QED) is 0.650. The standard InChI is InChI=1S/C26H25NO3/c1-26(2,3)17-14-12-16(13-15-17)24(28)27-23(25(29)30)22-20-10-6-4-8-18(20)19-9-5-7-11-21(19)22/h4-15,22-23H,1-3H3,(H,27,28)(H,29,30)/t23-/m1/s1. The molecule has 0 aromatic heterocycles. The number of carboxylic acids is 1. The zero-order valence-electron chi connectivity index (χ0n) is 17.3. The van der Waals surface area contributed by atoms with Crippen LogP contribution in [-0.4, -0.2) is 23.0 Å². The van der Waals surface area contributed by atoms with Gasteiger partial charge in [-0.3, -0.25) is 4.79 Å². The second-order valence-electron chi connectivity index (χ2n) is 8.77. The Labute approximate surface area is 176 Å². The summed E-state index contributed by atoms with van der Waals surface area (Å²) in [5, 5.41) is 12.8. The van der Waals surface area contributed by atoms with Crippen molar-refractivity contribution in [3.05, 3.63) is 95.1 Å². The molecule has 30 heavy (non-hydrogen) atoms. The van der Waals surface area contributed by atoms with Crippen LogP contribution in [0.3, 0.4) is 0 Å². The Bertz CT molecular complexity index is 1060. The van der Waals surface area contributed by atoms with E-state index in [1.54, 1.807) is 12.1 Å². The van der Waals surface area contributed by atoms with Gasteiger partial charge in [0.05, 0.1) is 0 Å². The third kappa shape index (κ3) is 3.50. The molecule has 0 fully saturated rings. The number of carbonyl (C=O) groups is 2. The van der Waals surface area contributed by atoms with Gasteiger partial charge in [-0.1, -0.05) is 81.4 Å². The first kappa shape index (κ1) is 19.9. The van der Waals surface area contributed by atoms with Gasteiger partial charge in [0.2, 0.25) is 0 Å². The van der Waals surface area contributed by atoms with E-state index >= 15 is 0 Å². The van der Waals surface area contributed by atoms with Crippen molar-refractivity contribution in [2.75, 3.05) is 0 Å². The SMILES string of the molecule is CC(C)(C)c1ccc(C(=O)N[C@@H](C(=O)O)C2c3ccccc3-c3ccccc32)cc1. The van der Waals surface area contributed by atoms with Crippen LogP contribution in [0.2, 0.25) is 0 Å². The minimum absolute atomic E-state index is 0.0180. The number of benzene rings is 3. The molecule has 0 saturated heterocycles. The van der Waals surface area contributed by atoms with Crippen LogP contribution in [0, 0.1) is 0 Å². The lowest BCUT2D eigenvalue weighted by molar-refractivity contribution is -0.139. The summed E-state index contributed by atoms with van der Waals surface area (Å²) in [6.07, 6.45) is 0. The molecule has 0 saturated carbocycles. The first-order valence-corrected chi connectivity index (χ1v) is 10.1. The maximum Gasteiger partial charge on any atom is 0.327 e. The Kier molecular flexibility index (Phi) is 4.94. The van der Waals surface area contributed by atoms with Gasteiger partial charge in [0, 0.05) is 11.5 Å². The molecule has 1 amide bonds. The summed E-state index contributed by atoms with van der Waals surface area (Å²) in [5.74, 6) is -1.87. The van der Waals surface area contributed by atoms with Gasteiger partial charge in [0.25, 0.3) is 5.91 Å². The molecule has 0 aliphatic heterocycles. The van der Waals surface area contributed by atoms with E-state index in [1.165, 1.54) is 0 Å². The molecular formula is C26H25NO3. The minimum Gasteiger partial charge on any atom is -0.480 e. The zero-order chi connectivity index (χ0) is 21.5. The van der Waals surface area contributed by atoms with Crippen molar-refractivity contribution in [3.8, 4) is 11.1 Å². The predicted octanol–water partition coefficient (Wildman–Crippen LogP) is 4.98. The number of aliphatic carboxylic acids is 1. The van der Waals surface area contributed by atoms with E-state index < -0.39 is 17.9 Å². The number of carbonyl (C=O) groups excluding carboxylic acids is 1. The molecule has 0 unspecified atom stereocenters. The summed E-state index contributed by atoms with van der Waals surface area (Å²) in [6, 6.07) is 21.9. The largest absolute Gasteiger partial charge is 0.480 e. The fourth-order valence-electron chi connectivity index (χ4n) is 4.19. The molecule has 0 bridgehead atoms. The highest BCUT2D eigenvalue weighted by molar-refractivity contribution is 5.97. The third-order valence-corrected chi connectivity index (χ3v) is 5.78. The topological polar surface area (TPSA) is 66.4 Å². The lowest BCUT2D eigenvalue weighted by Crippen LogP contribution is -2.44. The van der Waals surface area contributed by atoms with Crippen molar-refractivity contribution in [3.63, 3.8) is 0 Å². The van der Waals surface area contributed by atoms with Crippen molar-refractivity contribution in [2.45, 2.75) is 38.1 Å². The van der Waals surface area contributed by atoms with Crippen LogP contribution in [-0.2, 0) is 10.2 Å². The number of carboxylic acid groups (broad SMARTS) is 1. The number of nitrogens with one attached hydrogen (secondary N) is 1. The summed E-state index contributed by atoms with van der Waals surface area (Å²) in [5.41, 5.74) is 5.45. The number of rotatable bonds is 4. The molecular weight excluding hydrogens is 374 g/mol. The summed E-state index contributed by atoms with van der Waals surface area (Å²) >= 11 is 0. The highest BCUT2D eigenvalue weighted by Gasteiger charge is 2.39. The van der Waals surface area contributed by atoms with Gasteiger partial charge >= 0.3 is 5.97 Å². The van der Waals surface area contributed by atoms with E-state index in [1.807, 2.05) is 60.7 Å². The average molecular weight is 399 g/mol. The van der Waals surface area contributed by atoms with E-state index in [0.29, 0.717) is 5.56 Å². The maximum absolute atomic E-state index is 12.9. The number of hydrogen-bond donors (Lipinski definition) is 2. The fourth-order valence-corrected chi connectivity index (χ4v) is 4.19. The minimum atomic E-state index is -1.07. The summed E-state index contributed by atoms with van der Waals surface area (Å²) in [6.45, 7) is 6.33. The molecule has 0 radical (unpaired) electrons. The fraction of sp³-hybridized carbons (Fsp3) is 0.231. The second-order valence-corrected chi connectivity index (χ2v) is 8.77. The Morgan fingerprint density at radius 1 is 0.833 bits per heavy atom. The summed E-state index contributed by atoms with van der Waals surface area (Å²) in [4.78, 5) is 25.2. The predicted molar refractivity (Wildman–Crippen MR) is 118 cm³/mol. The van der Waals surface area contributed by atoms with Gasteiger partial charge in [-0.2, -0.15) is 0 Å². The van der Waals surface area contributed by atoms with Gasteiger partial charge in [-0.15, -0.1) is 0 Å². The maximum atomic E-state index is 12.9. The van der Waals surface area contributed by atoms with Crippen LogP contribution in [0.4, 0.5) is 0 Å². The van der Waals surface area contributed by atoms with E-state index in [2.05, 4.69) is 26.1 Å². The van der Waals surface area contributed by atoms with Gasteiger partial charge in [-0.05, 0) is 45.4 Å². The lowest BCUT2D eigenvalue weighted by atomic mass is 9.86. The van der Waals surface area contributed by atoms with Crippen LogP contribution in [0.5, 0.6) is 0 Å². The van der Waals surface area contributed by atoms with E-state index in [-0.39, 0.29) is 11.3 Å². The van der Waals surface area contributed by atoms with Gasteiger partial charge in [0.15, 0.2) is 0 Å². The van der Waals surface area contributed by atoms with Gasteiger partial charge in [0.1, 0.15) is 6.04 Å². The van der Waals surface area contributed by atoms with E-state index in [0.717, 1.165) is 27.8 Å². The van der Waals surface area contributed by atoms with Crippen LogP contribution in [0.1, 0.15) is 53.7 Å².